The van der Waals surface area contributed by atoms with Crippen molar-refractivity contribution in [1.29, 1.82) is 0 Å². The molecule has 0 unspecified atom stereocenters. The van der Waals surface area contributed by atoms with Crippen molar-refractivity contribution >= 4 is 17.1 Å². The SMILES string of the molecule is Cc1ncc(CC(=O)CC2CCC(CCN3CCc4sc(OC5CC(F)(F)C5)nc4C3)CC2)o1. The molecule has 5 rings (SSSR count). The molecule has 0 bridgehead atoms. The highest BCUT2D eigenvalue weighted by atomic mass is 32.1. The van der Waals surface area contributed by atoms with Gasteiger partial charge in [-0.05, 0) is 44.1 Å². The van der Waals surface area contributed by atoms with Gasteiger partial charge in [0.2, 0.25) is 0 Å². The number of carbonyl (C=O) groups is 1. The molecule has 6 nitrogen and oxygen atoms in total. The molecule has 2 aromatic heterocycles. The first-order chi connectivity index (χ1) is 16.3. The van der Waals surface area contributed by atoms with E-state index in [4.69, 9.17) is 9.15 Å². The van der Waals surface area contributed by atoms with E-state index in [0.717, 1.165) is 50.5 Å². The zero-order chi connectivity index (χ0) is 23.7. The predicted molar refractivity (Wildman–Crippen MR) is 124 cm³/mol. The molecule has 1 aliphatic heterocycles. The van der Waals surface area contributed by atoms with Gasteiger partial charge in [0, 0.05) is 44.2 Å². The van der Waals surface area contributed by atoms with E-state index in [9.17, 15) is 13.6 Å². The van der Waals surface area contributed by atoms with Gasteiger partial charge < -0.3 is 9.15 Å². The number of ether oxygens (including phenoxy) is 1. The highest BCUT2D eigenvalue weighted by Crippen LogP contribution is 2.41. The van der Waals surface area contributed by atoms with E-state index < -0.39 is 12.0 Å². The average Bonchev–Trinajstić information content (AvgIpc) is 3.36. The van der Waals surface area contributed by atoms with Gasteiger partial charge in [-0.15, -0.1) is 0 Å². The second kappa shape index (κ2) is 10.0. The first-order valence-electron chi connectivity index (χ1n) is 12.5. The van der Waals surface area contributed by atoms with Crippen LogP contribution >= 0.6 is 11.3 Å². The van der Waals surface area contributed by atoms with Gasteiger partial charge >= 0.3 is 0 Å². The third-order valence-electron chi connectivity index (χ3n) is 7.48. The van der Waals surface area contributed by atoms with Crippen LogP contribution in [0.25, 0.3) is 0 Å². The Morgan fingerprint density at radius 1 is 1.26 bits per heavy atom. The van der Waals surface area contributed by atoms with Crippen LogP contribution in [0.4, 0.5) is 8.78 Å². The van der Waals surface area contributed by atoms with Gasteiger partial charge in [0.15, 0.2) is 5.89 Å². The molecule has 3 heterocycles. The number of thiazole rings is 1. The monoisotopic (exact) mass is 493 g/mol. The van der Waals surface area contributed by atoms with Crippen molar-refractivity contribution in [1.82, 2.24) is 14.9 Å². The minimum Gasteiger partial charge on any atom is -0.466 e. The van der Waals surface area contributed by atoms with Crippen molar-refractivity contribution in [3.05, 3.63) is 28.4 Å². The van der Waals surface area contributed by atoms with E-state index in [1.807, 2.05) is 0 Å². The van der Waals surface area contributed by atoms with Gasteiger partial charge in [-0.1, -0.05) is 24.2 Å². The number of carbonyl (C=O) groups excluding carboxylic acids is 1. The maximum atomic E-state index is 13.0. The summed E-state index contributed by atoms with van der Waals surface area (Å²) in [6.45, 7) is 4.69. The first-order valence-corrected chi connectivity index (χ1v) is 13.3. The molecule has 0 radical (unpaired) electrons. The summed E-state index contributed by atoms with van der Waals surface area (Å²) in [5.41, 5.74) is 1.06. The number of aromatic nitrogens is 2. The van der Waals surface area contributed by atoms with Crippen LogP contribution in [0.2, 0.25) is 0 Å². The minimum absolute atomic E-state index is 0.194. The molecule has 0 aromatic carbocycles. The molecule has 9 heteroatoms. The number of hydrogen-bond acceptors (Lipinski definition) is 7. The number of nitrogens with zero attached hydrogens (tertiary/aromatic N) is 3. The smallest absolute Gasteiger partial charge is 0.273 e. The Bertz CT molecular complexity index is 991. The molecule has 2 aliphatic carbocycles. The van der Waals surface area contributed by atoms with Crippen LogP contribution in [-0.2, 0) is 24.2 Å². The fourth-order valence-corrected chi connectivity index (χ4v) is 6.44. The fraction of sp³-hybridized carbons (Fsp3) is 0.720. The number of fused-ring (bicyclic) bond motifs is 1. The number of oxazole rings is 1. The first kappa shape index (κ1) is 23.9. The molecule has 0 atom stereocenters. The minimum atomic E-state index is -2.57. The van der Waals surface area contributed by atoms with E-state index in [2.05, 4.69) is 14.9 Å². The van der Waals surface area contributed by atoms with Crippen LogP contribution in [0.15, 0.2) is 10.6 Å². The number of hydrogen-bond donors (Lipinski definition) is 0. The van der Waals surface area contributed by atoms with Crippen molar-refractivity contribution in [3.63, 3.8) is 0 Å². The van der Waals surface area contributed by atoms with Gasteiger partial charge in [0.05, 0.1) is 18.3 Å². The summed E-state index contributed by atoms with van der Waals surface area (Å²) in [5.74, 6) is 0.182. The molecule has 2 saturated carbocycles. The molecule has 0 saturated heterocycles. The average molecular weight is 494 g/mol. The number of alkyl halides is 2. The number of ketones is 1. The van der Waals surface area contributed by atoms with Crippen LogP contribution in [0.3, 0.4) is 0 Å². The van der Waals surface area contributed by atoms with Crippen molar-refractivity contribution in [2.75, 3.05) is 13.1 Å². The Balaban J connectivity index is 1.00. The lowest BCUT2D eigenvalue weighted by Gasteiger charge is -2.33. The van der Waals surface area contributed by atoms with Crippen LogP contribution in [-0.4, -0.2) is 45.8 Å². The maximum Gasteiger partial charge on any atom is 0.273 e. The summed E-state index contributed by atoms with van der Waals surface area (Å²) >= 11 is 1.53. The summed E-state index contributed by atoms with van der Waals surface area (Å²) in [5, 5.41) is 0.554. The largest absolute Gasteiger partial charge is 0.466 e. The molecule has 0 spiro atoms. The number of halogens is 2. The number of Topliss-reactive ketones (excluding diaryl/α,β-unsaturated/α-hetero) is 1. The Morgan fingerprint density at radius 3 is 2.74 bits per heavy atom. The van der Waals surface area contributed by atoms with Crippen LogP contribution in [0, 0.1) is 18.8 Å². The molecule has 3 aliphatic rings. The Morgan fingerprint density at radius 2 is 2.03 bits per heavy atom. The van der Waals surface area contributed by atoms with Crippen molar-refractivity contribution < 1.29 is 22.7 Å². The second-order valence-electron chi connectivity index (χ2n) is 10.3. The lowest BCUT2D eigenvalue weighted by atomic mass is 9.78. The molecule has 2 fully saturated rings. The summed E-state index contributed by atoms with van der Waals surface area (Å²) < 4.78 is 37.2. The van der Waals surface area contributed by atoms with Gasteiger partial charge in [0.1, 0.15) is 17.6 Å². The summed E-state index contributed by atoms with van der Waals surface area (Å²) in [7, 11) is 0. The van der Waals surface area contributed by atoms with Gasteiger partial charge in [-0.25, -0.2) is 18.7 Å². The highest BCUT2D eigenvalue weighted by Gasteiger charge is 2.47. The molecule has 0 amide bonds. The fourth-order valence-electron chi connectivity index (χ4n) is 5.47. The number of rotatable bonds is 9. The molecule has 186 valence electrons. The van der Waals surface area contributed by atoms with Gasteiger partial charge in [0.25, 0.3) is 11.1 Å². The molecular formula is C25H33F2N3O3S. The van der Waals surface area contributed by atoms with E-state index in [1.165, 1.54) is 35.5 Å². The van der Waals surface area contributed by atoms with Crippen molar-refractivity contribution in [3.8, 4) is 5.19 Å². The summed E-state index contributed by atoms with van der Waals surface area (Å²) in [6.07, 6.45) is 8.65. The van der Waals surface area contributed by atoms with Gasteiger partial charge in [-0.3, -0.25) is 9.69 Å². The Kier molecular flexibility index (Phi) is 7.02. The molecule has 34 heavy (non-hydrogen) atoms. The Hall–Kier alpha value is -1.87. The summed E-state index contributed by atoms with van der Waals surface area (Å²) in [4.78, 5) is 24.7. The third kappa shape index (κ3) is 6.03. The molecule has 2 aromatic rings. The lowest BCUT2D eigenvalue weighted by Crippen LogP contribution is -2.43. The highest BCUT2D eigenvalue weighted by molar-refractivity contribution is 7.13. The quantitative estimate of drug-likeness (QED) is 0.468. The summed E-state index contributed by atoms with van der Waals surface area (Å²) in [6, 6.07) is 0. The topological polar surface area (TPSA) is 68.5 Å². The van der Waals surface area contributed by atoms with Crippen LogP contribution < -0.4 is 4.74 Å². The van der Waals surface area contributed by atoms with E-state index in [0.29, 0.717) is 35.6 Å². The van der Waals surface area contributed by atoms with Crippen LogP contribution in [0.5, 0.6) is 5.19 Å². The zero-order valence-corrected chi connectivity index (χ0v) is 20.5. The van der Waals surface area contributed by atoms with Crippen LogP contribution in [0.1, 0.15) is 73.6 Å². The standard InChI is InChI=1S/C25H33F2N3O3S/c1-16-28-14-20(32-16)11-19(31)10-18-4-2-17(3-5-18)6-8-30-9-7-23-22(15-30)29-24(34-23)33-21-12-25(26,27)13-21/h14,17-18,21H,2-13,15H2,1H3. The van der Waals surface area contributed by atoms with Crippen molar-refractivity contribution in [2.45, 2.75) is 89.7 Å². The second-order valence-corrected chi connectivity index (χ2v) is 11.4. The third-order valence-corrected chi connectivity index (χ3v) is 8.53. The normalized spacial score (nSPS) is 25.0. The molecule has 0 N–H and O–H groups in total. The maximum absolute atomic E-state index is 13.0. The predicted octanol–water partition coefficient (Wildman–Crippen LogP) is 5.37. The lowest BCUT2D eigenvalue weighted by molar-refractivity contribution is -0.134. The van der Waals surface area contributed by atoms with Gasteiger partial charge in [-0.2, -0.15) is 0 Å². The number of aryl methyl sites for hydroxylation is 1. The Labute approximate surface area is 203 Å². The zero-order valence-electron chi connectivity index (χ0n) is 19.7. The van der Waals surface area contributed by atoms with E-state index in [-0.39, 0.29) is 18.6 Å². The molecular weight excluding hydrogens is 460 g/mol. The van der Waals surface area contributed by atoms with E-state index in [1.54, 1.807) is 13.1 Å². The van der Waals surface area contributed by atoms with Crippen molar-refractivity contribution in [2.24, 2.45) is 11.8 Å². The van der Waals surface area contributed by atoms with E-state index >= 15 is 0 Å².